The fraction of sp³-hybridized carbons (Fsp3) is 0.350. The van der Waals surface area contributed by atoms with Gasteiger partial charge in [0.15, 0.2) is 0 Å². The third-order valence-corrected chi connectivity index (χ3v) is 4.20. The van der Waals surface area contributed by atoms with Crippen molar-refractivity contribution in [1.29, 1.82) is 0 Å². The normalized spacial score (nSPS) is 12.9. The molecule has 1 atom stereocenters. The maximum atomic E-state index is 14.5. The van der Waals surface area contributed by atoms with Crippen LogP contribution in [0.5, 0.6) is 0 Å². The van der Waals surface area contributed by atoms with Gasteiger partial charge in [0.2, 0.25) is 0 Å². The Balaban J connectivity index is 1.99. The smallest absolute Gasteiger partial charge is 0.313 e. The van der Waals surface area contributed by atoms with E-state index in [1.54, 1.807) is 12.1 Å². The molecule has 2 rings (SSSR count). The molecular weight excluding hydrogens is 353 g/mol. The topological polar surface area (TPSA) is 82.1 Å². The molecule has 1 N–H and O–H groups in total. The van der Waals surface area contributed by atoms with Crippen molar-refractivity contribution in [2.75, 3.05) is 13.2 Å². The number of halogens is 1. The maximum absolute atomic E-state index is 14.5. The fourth-order valence-electron chi connectivity index (χ4n) is 2.46. The summed E-state index contributed by atoms with van der Waals surface area (Å²) in [5.74, 6) is -1.15. The molecule has 0 fully saturated rings. The molecule has 0 aliphatic carbocycles. The predicted octanol–water partition coefficient (Wildman–Crippen LogP) is 4.29. The van der Waals surface area contributed by atoms with Crippen LogP contribution in [0.2, 0.25) is 0 Å². The maximum Gasteiger partial charge on any atom is 0.313 e. The number of ether oxygens (including phenoxy) is 1. The zero-order valence-electron chi connectivity index (χ0n) is 15.5. The minimum atomic E-state index is -1.12. The molecule has 0 aliphatic heterocycles. The fourth-order valence-corrected chi connectivity index (χ4v) is 2.46. The molecule has 27 heavy (non-hydrogen) atoms. The average molecular weight is 376 g/mol. The van der Waals surface area contributed by atoms with E-state index in [0.717, 1.165) is 5.56 Å². The molecule has 0 aromatic heterocycles. The standard InChI is InChI=1S/C20H23FNO5/c1-14(12-26-19(23)20(2,3)13-27-22(24)25)16-9-10-17(18(21)11-16)15-7-5-4-6-8-15/h4-11,14,24H,12-13H2,1-3H3/q-1/t14-/m1/s1. The van der Waals surface area contributed by atoms with Crippen molar-refractivity contribution in [3.63, 3.8) is 0 Å². The van der Waals surface area contributed by atoms with Gasteiger partial charge in [-0.15, -0.1) is 5.39 Å². The monoisotopic (exact) mass is 376 g/mol. The van der Waals surface area contributed by atoms with E-state index in [0.29, 0.717) is 11.1 Å². The molecule has 0 amide bonds. The zero-order chi connectivity index (χ0) is 20.0. The van der Waals surface area contributed by atoms with Gasteiger partial charge in [-0.2, -0.15) is 0 Å². The molecule has 0 spiro atoms. The molecule has 0 saturated carbocycles. The van der Waals surface area contributed by atoms with Crippen molar-refractivity contribution in [1.82, 2.24) is 5.39 Å². The number of benzene rings is 2. The molecule has 7 heteroatoms. The number of carbonyl (C=O) groups is 1. The number of hydrogen-bond donors (Lipinski definition) is 1. The van der Waals surface area contributed by atoms with Crippen molar-refractivity contribution < 1.29 is 24.0 Å². The molecule has 0 radical (unpaired) electrons. The van der Waals surface area contributed by atoms with E-state index >= 15 is 0 Å². The Hall–Kier alpha value is -2.32. The average Bonchev–Trinajstić information content (AvgIpc) is 2.64. The lowest BCUT2D eigenvalue weighted by molar-refractivity contribution is -0.314. The molecule has 2 aromatic carbocycles. The molecule has 0 bridgehead atoms. The summed E-state index contributed by atoms with van der Waals surface area (Å²) in [6.45, 7) is 4.59. The highest BCUT2D eigenvalue weighted by Crippen LogP contribution is 2.27. The summed E-state index contributed by atoms with van der Waals surface area (Å²) in [5, 5.41) is 18.2. The van der Waals surface area contributed by atoms with Crippen LogP contribution in [0.4, 0.5) is 4.39 Å². The second-order valence-corrected chi connectivity index (χ2v) is 7.00. The van der Waals surface area contributed by atoms with Gasteiger partial charge in [-0.05, 0) is 31.0 Å². The van der Waals surface area contributed by atoms with Gasteiger partial charge in [0.25, 0.3) is 0 Å². The highest BCUT2D eigenvalue weighted by Gasteiger charge is 2.30. The largest absolute Gasteiger partial charge is 0.738 e. The first-order valence-corrected chi connectivity index (χ1v) is 8.52. The summed E-state index contributed by atoms with van der Waals surface area (Å²) in [5.41, 5.74) is 0.884. The Morgan fingerprint density at radius 1 is 1.26 bits per heavy atom. The molecule has 0 saturated heterocycles. The van der Waals surface area contributed by atoms with E-state index in [4.69, 9.17) is 9.94 Å². The van der Waals surface area contributed by atoms with Gasteiger partial charge in [0.1, 0.15) is 5.82 Å². The van der Waals surface area contributed by atoms with Crippen molar-refractivity contribution in [2.45, 2.75) is 26.7 Å². The van der Waals surface area contributed by atoms with Crippen LogP contribution in [0.15, 0.2) is 48.5 Å². The van der Waals surface area contributed by atoms with Gasteiger partial charge in [0, 0.05) is 11.5 Å². The van der Waals surface area contributed by atoms with Gasteiger partial charge >= 0.3 is 5.97 Å². The molecule has 0 heterocycles. The molecule has 0 unspecified atom stereocenters. The lowest BCUT2D eigenvalue weighted by atomic mass is 9.95. The molecular formula is C20H23FNO5-. The van der Waals surface area contributed by atoms with Gasteiger partial charge in [-0.25, -0.2) is 4.39 Å². The highest BCUT2D eigenvalue weighted by atomic mass is 19.1. The van der Waals surface area contributed by atoms with E-state index in [1.165, 1.54) is 19.9 Å². The quantitative estimate of drug-likeness (QED) is 0.547. The van der Waals surface area contributed by atoms with E-state index in [1.807, 2.05) is 37.3 Å². The van der Waals surface area contributed by atoms with Gasteiger partial charge in [0.05, 0.1) is 18.6 Å². The van der Waals surface area contributed by atoms with Crippen LogP contribution in [0.1, 0.15) is 32.3 Å². The van der Waals surface area contributed by atoms with Gasteiger partial charge in [-0.3, -0.25) is 9.63 Å². The summed E-state index contributed by atoms with van der Waals surface area (Å²) in [6, 6.07) is 14.2. The zero-order valence-corrected chi connectivity index (χ0v) is 15.5. The molecule has 6 nitrogen and oxygen atoms in total. The Morgan fingerprint density at radius 3 is 2.52 bits per heavy atom. The van der Waals surface area contributed by atoms with Crippen molar-refractivity contribution in [3.05, 3.63) is 65.1 Å². The number of nitrogens with zero attached hydrogens (tertiary/aromatic N) is 1. The van der Waals surface area contributed by atoms with Crippen LogP contribution >= 0.6 is 0 Å². The van der Waals surface area contributed by atoms with E-state index in [9.17, 15) is 14.4 Å². The first kappa shape index (κ1) is 21.0. The van der Waals surface area contributed by atoms with Crippen LogP contribution in [-0.2, 0) is 14.4 Å². The van der Waals surface area contributed by atoms with Crippen LogP contribution in [0.25, 0.3) is 11.1 Å². The number of hydrogen-bond acceptors (Lipinski definition) is 6. The minimum absolute atomic E-state index is 0.0482. The Labute approximate surface area is 157 Å². The number of carbonyl (C=O) groups excluding carboxylic acids is 1. The lowest BCUT2D eigenvalue weighted by Crippen LogP contribution is -2.34. The third-order valence-electron chi connectivity index (χ3n) is 4.20. The van der Waals surface area contributed by atoms with Crippen LogP contribution in [-0.4, -0.2) is 29.8 Å². The third kappa shape index (κ3) is 5.83. The summed E-state index contributed by atoms with van der Waals surface area (Å²) < 4.78 is 19.7. The predicted molar refractivity (Wildman–Crippen MR) is 97.9 cm³/mol. The molecule has 0 aliphatic rings. The Morgan fingerprint density at radius 2 is 1.93 bits per heavy atom. The van der Waals surface area contributed by atoms with Crippen molar-refractivity contribution in [2.24, 2.45) is 5.41 Å². The first-order chi connectivity index (χ1) is 12.7. The lowest BCUT2D eigenvalue weighted by Gasteiger charge is -2.27. The van der Waals surface area contributed by atoms with E-state index in [2.05, 4.69) is 4.84 Å². The number of esters is 1. The summed E-state index contributed by atoms with van der Waals surface area (Å²) in [4.78, 5) is 16.5. The van der Waals surface area contributed by atoms with Crippen LogP contribution < -0.4 is 0 Å². The van der Waals surface area contributed by atoms with E-state index in [-0.39, 0.29) is 24.9 Å². The Kier molecular flexibility index (Phi) is 7.04. The first-order valence-electron chi connectivity index (χ1n) is 8.52. The van der Waals surface area contributed by atoms with Gasteiger partial charge in [-0.1, -0.05) is 49.4 Å². The second-order valence-electron chi connectivity index (χ2n) is 7.00. The summed E-state index contributed by atoms with van der Waals surface area (Å²) in [7, 11) is 0. The van der Waals surface area contributed by atoms with Crippen LogP contribution in [0.3, 0.4) is 0 Å². The highest BCUT2D eigenvalue weighted by molar-refractivity contribution is 5.76. The second kappa shape index (κ2) is 9.05. The molecule has 146 valence electrons. The minimum Gasteiger partial charge on any atom is -0.738 e. The Bertz CT molecular complexity index is 764. The SMILES string of the molecule is C[C@H](COC(=O)C(C)(C)CON([O-])O)c1ccc(-c2ccccc2)c(F)c1. The van der Waals surface area contributed by atoms with Gasteiger partial charge < -0.3 is 15.2 Å². The summed E-state index contributed by atoms with van der Waals surface area (Å²) in [6.07, 6.45) is 0. The van der Waals surface area contributed by atoms with Crippen molar-refractivity contribution in [3.8, 4) is 11.1 Å². The summed E-state index contributed by atoms with van der Waals surface area (Å²) >= 11 is 0. The number of rotatable bonds is 8. The van der Waals surface area contributed by atoms with Crippen LogP contribution in [0, 0.1) is 16.4 Å². The van der Waals surface area contributed by atoms with Crippen molar-refractivity contribution >= 4 is 5.97 Å². The molecule has 2 aromatic rings. The van der Waals surface area contributed by atoms with E-state index < -0.39 is 16.8 Å².